The SMILES string of the molecule is CC(C)(C)OCC(=O)N[C@@H](CO)Cc1ccccc1. The fourth-order valence-corrected chi connectivity index (χ4v) is 1.61. The highest BCUT2D eigenvalue weighted by molar-refractivity contribution is 5.77. The third-order valence-corrected chi connectivity index (χ3v) is 2.55. The van der Waals surface area contributed by atoms with Crippen LogP contribution < -0.4 is 5.32 Å². The number of hydrogen-bond donors (Lipinski definition) is 2. The Kier molecular flexibility index (Phi) is 5.99. The molecular formula is C15H23NO3. The van der Waals surface area contributed by atoms with Crippen LogP contribution in [0.2, 0.25) is 0 Å². The number of hydrogen-bond acceptors (Lipinski definition) is 3. The molecule has 0 radical (unpaired) electrons. The molecule has 0 bridgehead atoms. The highest BCUT2D eigenvalue weighted by Gasteiger charge is 2.16. The van der Waals surface area contributed by atoms with E-state index in [4.69, 9.17) is 4.74 Å². The molecule has 1 aromatic rings. The third-order valence-electron chi connectivity index (χ3n) is 2.55. The molecule has 1 aromatic carbocycles. The molecule has 0 aromatic heterocycles. The molecule has 0 spiro atoms. The molecule has 4 heteroatoms. The van der Waals surface area contributed by atoms with Crippen LogP contribution in [-0.4, -0.2) is 35.9 Å². The van der Waals surface area contributed by atoms with Crippen molar-refractivity contribution in [3.05, 3.63) is 35.9 Å². The first kappa shape index (κ1) is 15.7. The van der Waals surface area contributed by atoms with Crippen molar-refractivity contribution in [2.24, 2.45) is 0 Å². The number of rotatable bonds is 6. The minimum Gasteiger partial charge on any atom is -0.394 e. The second-order valence-electron chi connectivity index (χ2n) is 5.54. The Morgan fingerprint density at radius 3 is 2.47 bits per heavy atom. The second kappa shape index (κ2) is 7.26. The van der Waals surface area contributed by atoms with Gasteiger partial charge in [0, 0.05) is 0 Å². The van der Waals surface area contributed by atoms with Crippen LogP contribution in [0.4, 0.5) is 0 Å². The number of carbonyl (C=O) groups excluding carboxylic acids is 1. The summed E-state index contributed by atoms with van der Waals surface area (Å²) in [5, 5.41) is 12.1. The summed E-state index contributed by atoms with van der Waals surface area (Å²) in [7, 11) is 0. The lowest BCUT2D eigenvalue weighted by molar-refractivity contribution is -0.131. The van der Waals surface area contributed by atoms with Gasteiger partial charge in [0.2, 0.25) is 5.91 Å². The lowest BCUT2D eigenvalue weighted by atomic mass is 10.1. The zero-order valence-corrected chi connectivity index (χ0v) is 11.8. The molecule has 4 nitrogen and oxygen atoms in total. The smallest absolute Gasteiger partial charge is 0.246 e. The first-order valence-electron chi connectivity index (χ1n) is 6.49. The van der Waals surface area contributed by atoms with Crippen LogP contribution in [-0.2, 0) is 16.0 Å². The van der Waals surface area contributed by atoms with Crippen LogP contribution in [0.15, 0.2) is 30.3 Å². The van der Waals surface area contributed by atoms with Gasteiger partial charge in [-0.1, -0.05) is 30.3 Å². The zero-order valence-electron chi connectivity index (χ0n) is 11.8. The van der Waals surface area contributed by atoms with Crippen LogP contribution in [0, 0.1) is 0 Å². The molecule has 1 amide bonds. The molecule has 106 valence electrons. The quantitative estimate of drug-likeness (QED) is 0.820. The second-order valence-corrected chi connectivity index (χ2v) is 5.54. The fraction of sp³-hybridized carbons (Fsp3) is 0.533. The topological polar surface area (TPSA) is 58.6 Å². The lowest BCUT2D eigenvalue weighted by Gasteiger charge is -2.21. The van der Waals surface area contributed by atoms with E-state index in [2.05, 4.69) is 5.32 Å². The summed E-state index contributed by atoms with van der Waals surface area (Å²) in [6, 6.07) is 9.48. The van der Waals surface area contributed by atoms with E-state index < -0.39 is 0 Å². The molecular weight excluding hydrogens is 242 g/mol. The van der Waals surface area contributed by atoms with E-state index in [0.717, 1.165) is 5.56 Å². The highest BCUT2D eigenvalue weighted by Crippen LogP contribution is 2.06. The molecule has 0 saturated carbocycles. The van der Waals surface area contributed by atoms with Gasteiger partial charge >= 0.3 is 0 Å². The van der Waals surface area contributed by atoms with Crippen molar-refractivity contribution in [2.75, 3.05) is 13.2 Å². The van der Waals surface area contributed by atoms with Crippen LogP contribution in [0.25, 0.3) is 0 Å². The van der Waals surface area contributed by atoms with Gasteiger partial charge in [0.1, 0.15) is 6.61 Å². The van der Waals surface area contributed by atoms with Gasteiger partial charge in [0.05, 0.1) is 18.2 Å². The zero-order chi connectivity index (χ0) is 14.3. The fourth-order valence-electron chi connectivity index (χ4n) is 1.61. The van der Waals surface area contributed by atoms with Crippen molar-refractivity contribution < 1.29 is 14.6 Å². The Bertz CT molecular complexity index is 384. The van der Waals surface area contributed by atoms with Crippen molar-refractivity contribution in [3.63, 3.8) is 0 Å². The molecule has 0 unspecified atom stereocenters. The van der Waals surface area contributed by atoms with Crippen molar-refractivity contribution in [1.29, 1.82) is 0 Å². The van der Waals surface area contributed by atoms with E-state index in [-0.39, 0.29) is 30.8 Å². The summed E-state index contributed by atoms with van der Waals surface area (Å²) in [4.78, 5) is 11.7. The monoisotopic (exact) mass is 265 g/mol. The molecule has 0 fully saturated rings. The first-order valence-corrected chi connectivity index (χ1v) is 6.49. The molecule has 1 atom stereocenters. The van der Waals surface area contributed by atoms with E-state index in [9.17, 15) is 9.90 Å². The molecule has 2 N–H and O–H groups in total. The number of amides is 1. The molecule has 0 aliphatic heterocycles. The van der Waals surface area contributed by atoms with Crippen LogP contribution in [0.3, 0.4) is 0 Å². The van der Waals surface area contributed by atoms with E-state index in [1.807, 2.05) is 51.1 Å². The number of benzene rings is 1. The van der Waals surface area contributed by atoms with Crippen molar-refractivity contribution >= 4 is 5.91 Å². The summed E-state index contributed by atoms with van der Waals surface area (Å²) in [6.45, 7) is 5.61. The molecule has 0 heterocycles. The van der Waals surface area contributed by atoms with Crippen molar-refractivity contribution in [3.8, 4) is 0 Å². The Labute approximate surface area is 114 Å². The van der Waals surface area contributed by atoms with Gasteiger partial charge < -0.3 is 15.2 Å². The summed E-state index contributed by atoms with van der Waals surface area (Å²) >= 11 is 0. The minimum absolute atomic E-state index is 0.00872. The lowest BCUT2D eigenvalue weighted by Crippen LogP contribution is -2.42. The molecule has 0 saturated heterocycles. The van der Waals surface area contributed by atoms with Gasteiger partial charge in [0.25, 0.3) is 0 Å². The van der Waals surface area contributed by atoms with Crippen LogP contribution >= 0.6 is 0 Å². The van der Waals surface area contributed by atoms with Gasteiger partial charge in [-0.25, -0.2) is 0 Å². The molecule has 1 rings (SSSR count). The van der Waals surface area contributed by atoms with E-state index in [0.29, 0.717) is 6.42 Å². The summed E-state index contributed by atoms with van der Waals surface area (Å²) < 4.78 is 5.39. The Morgan fingerprint density at radius 1 is 1.32 bits per heavy atom. The molecule has 0 aliphatic carbocycles. The van der Waals surface area contributed by atoms with E-state index >= 15 is 0 Å². The minimum atomic E-state index is -0.342. The largest absolute Gasteiger partial charge is 0.394 e. The Balaban J connectivity index is 2.42. The molecule has 0 aliphatic rings. The van der Waals surface area contributed by atoms with Crippen LogP contribution in [0.5, 0.6) is 0 Å². The highest BCUT2D eigenvalue weighted by atomic mass is 16.5. The third kappa shape index (κ3) is 6.94. The predicted molar refractivity (Wildman–Crippen MR) is 74.9 cm³/mol. The van der Waals surface area contributed by atoms with Gasteiger partial charge in [-0.15, -0.1) is 0 Å². The van der Waals surface area contributed by atoms with Crippen molar-refractivity contribution in [1.82, 2.24) is 5.32 Å². The van der Waals surface area contributed by atoms with Gasteiger partial charge in [-0.2, -0.15) is 0 Å². The number of aliphatic hydroxyl groups is 1. The summed E-state index contributed by atoms with van der Waals surface area (Å²) in [5.41, 5.74) is 0.740. The van der Waals surface area contributed by atoms with Gasteiger partial charge in [0.15, 0.2) is 0 Å². The number of nitrogens with one attached hydrogen (secondary N) is 1. The maximum absolute atomic E-state index is 11.7. The number of aliphatic hydroxyl groups excluding tert-OH is 1. The maximum Gasteiger partial charge on any atom is 0.246 e. The van der Waals surface area contributed by atoms with Gasteiger partial charge in [-0.05, 0) is 32.8 Å². The van der Waals surface area contributed by atoms with E-state index in [1.165, 1.54) is 0 Å². The standard InChI is InChI=1S/C15H23NO3/c1-15(2,3)19-11-14(18)16-13(10-17)9-12-7-5-4-6-8-12/h4-8,13,17H,9-11H2,1-3H3,(H,16,18)/t13-/m1/s1. The molecule has 19 heavy (non-hydrogen) atoms. The average Bonchev–Trinajstić information content (AvgIpc) is 2.36. The maximum atomic E-state index is 11.7. The number of carbonyl (C=O) groups is 1. The Morgan fingerprint density at radius 2 is 1.95 bits per heavy atom. The number of ether oxygens (including phenoxy) is 1. The van der Waals surface area contributed by atoms with E-state index in [1.54, 1.807) is 0 Å². The normalized spacial score (nSPS) is 13.1. The predicted octanol–water partition coefficient (Wildman–Crippen LogP) is 1.52. The van der Waals surface area contributed by atoms with Crippen molar-refractivity contribution in [2.45, 2.75) is 38.8 Å². The summed E-state index contributed by atoms with van der Waals surface area (Å²) in [5.74, 6) is -0.204. The Hall–Kier alpha value is -1.39. The summed E-state index contributed by atoms with van der Waals surface area (Å²) in [6.07, 6.45) is 0.610. The van der Waals surface area contributed by atoms with Gasteiger partial charge in [-0.3, -0.25) is 4.79 Å². The average molecular weight is 265 g/mol. The van der Waals surface area contributed by atoms with Crippen LogP contribution in [0.1, 0.15) is 26.3 Å². The first-order chi connectivity index (χ1) is 8.90.